The summed E-state index contributed by atoms with van der Waals surface area (Å²) in [4.78, 5) is 14.2. The van der Waals surface area contributed by atoms with Gasteiger partial charge in [-0.05, 0) is 43.5 Å². The molecule has 2 rings (SSSR count). The minimum atomic E-state index is 0. The van der Waals surface area contributed by atoms with Crippen LogP contribution >= 0.6 is 24.0 Å². The normalized spacial score (nSPS) is 18.6. The van der Waals surface area contributed by atoms with Crippen molar-refractivity contribution in [2.45, 2.75) is 25.8 Å². The Hall–Kier alpha value is -0.770. The molecule has 1 heterocycles. The maximum absolute atomic E-state index is 12.3. The predicted molar refractivity (Wildman–Crippen MR) is 76.5 cm³/mol. The first-order chi connectivity index (χ1) is 8.13. The smallest absolute Gasteiger partial charge is 0.254 e. The molecule has 0 radical (unpaired) electrons. The lowest BCUT2D eigenvalue weighted by Crippen LogP contribution is -2.39. The maximum atomic E-state index is 12.3. The fourth-order valence-corrected chi connectivity index (χ4v) is 2.41. The number of carbonyl (C=O) groups excluding carboxylic acids is 1. The van der Waals surface area contributed by atoms with E-state index < -0.39 is 0 Å². The van der Waals surface area contributed by atoms with Crippen molar-refractivity contribution >= 4 is 29.9 Å². The van der Waals surface area contributed by atoms with E-state index in [2.05, 4.69) is 0 Å². The molecule has 1 atom stereocenters. The highest BCUT2D eigenvalue weighted by Gasteiger charge is 2.28. The number of likely N-dealkylation sites (tertiary alicyclic amines) is 1. The van der Waals surface area contributed by atoms with Crippen molar-refractivity contribution in [3.8, 4) is 0 Å². The number of nitrogens with two attached hydrogens (primary N) is 1. The molecule has 5 heteroatoms. The van der Waals surface area contributed by atoms with Gasteiger partial charge in [-0.2, -0.15) is 0 Å². The summed E-state index contributed by atoms with van der Waals surface area (Å²) in [5, 5.41) is 0.693. The lowest BCUT2D eigenvalue weighted by molar-refractivity contribution is 0.0741. The molecule has 1 unspecified atom stereocenters. The van der Waals surface area contributed by atoms with Gasteiger partial charge in [0.15, 0.2) is 0 Å². The Kier molecular flexibility index (Phi) is 5.45. The number of rotatable bonds is 2. The van der Waals surface area contributed by atoms with Crippen LogP contribution in [0.5, 0.6) is 0 Å². The van der Waals surface area contributed by atoms with Crippen molar-refractivity contribution in [3.05, 3.63) is 34.3 Å². The third-order valence-corrected chi connectivity index (χ3v) is 3.74. The van der Waals surface area contributed by atoms with Crippen LogP contribution < -0.4 is 5.73 Å². The van der Waals surface area contributed by atoms with Gasteiger partial charge in [-0.25, -0.2) is 0 Å². The lowest BCUT2D eigenvalue weighted by atomic mass is 10.1. The fourth-order valence-electron chi connectivity index (χ4n) is 2.29. The Morgan fingerprint density at radius 3 is 2.89 bits per heavy atom. The maximum Gasteiger partial charge on any atom is 0.254 e. The van der Waals surface area contributed by atoms with Crippen LogP contribution in [0.3, 0.4) is 0 Å². The summed E-state index contributed by atoms with van der Waals surface area (Å²) >= 11 is 5.96. The number of carbonyl (C=O) groups is 1. The molecule has 0 aromatic heterocycles. The molecule has 1 aliphatic rings. The largest absolute Gasteiger partial charge is 0.334 e. The summed E-state index contributed by atoms with van der Waals surface area (Å²) in [5.74, 6) is 0.0673. The molecule has 3 nitrogen and oxygen atoms in total. The van der Waals surface area contributed by atoms with Crippen molar-refractivity contribution in [1.82, 2.24) is 4.90 Å². The Labute approximate surface area is 119 Å². The van der Waals surface area contributed by atoms with E-state index in [-0.39, 0.29) is 24.4 Å². The average Bonchev–Trinajstić information content (AvgIpc) is 2.80. The van der Waals surface area contributed by atoms with Gasteiger partial charge in [-0.15, -0.1) is 12.4 Å². The second kappa shape index (κ2) is 6.41. The zero-order valence-electron chi connectivity index (χ0n) is 10.4. The second-order valence-electron chi connectivity index (χ2n) is 4.49. The van der Waals surface area contributed by atoms with Crippen molar-refractivity contribution < 1.29 is 4.79 Å². The van der Waals surface area contributed by atoms with Crippen LogP contribution in [0.15, 0.2) is 18.2 Å². The van der Waals surface area contributed by atoms with Gasteiger partial charge in [0.2, 0.25) is 0 Å². The molecule has 18 heavy (non-hydrogen) atoms. The number of amides is 1. The quantitative estimate of drug-likeness (QED) is 0.909. The summed E-state index contributed by atoms with van der Waals surface area (Å²) in [5.41, 5.74) is 7.31. The van der Waals surface area contributed by atoms with Crippen molar-refractivity contribution in [3.63, 3.8) is 0 Å². The number of halogens is 2. The zero-order valence-corrected chi connectivity index (χ0v) is 11.9. The summed E-state index contributed by atoms with van der Waals surface area (Å²) in [7, 11) is 0. The summed E-state index contributed by atoms with van der Waals surface area (Å²) in [6.45, 7) is 3.25. The molecule has 1 fully saturated rings. The van der Waals surface area contributed by atoms with E-state index in [9.17, 15) is 4.79 Å². The van der Waals surface area contributed by atoms with E-state index in [4.69, 9.17) is 17.3 Å². The van der Waals surface area contributed by atoms with Crippen LogP contribution in [0.4, 0.5) is 0 Å². The number of hydrogen-bond donors (Lipinski definition) is 1. The molecule has 0 bridgehead atoms. The van der Waals surface area contributed by atoms with Gasteiger partial charge in [-0.1, -0.05) is 11.6 Å². The van der Waals surface area contributed by atoms with Crippen LogP contribution in [-0.2, 0) is 0 Å². The van der Waals surface area contributed by atoms with E-state index in [0.29, 0.717) is 17.1 Å². The van der Waals surface area contributed by atoms with Crippen LogP contribution in [0, 0.1) is 6.92 Å². The number of nitrogens with zero attached hydrogens (tertiary/aromatic N) is 1. The van der Waals surface area contributed by atoms with Crippen molar-refractivity contribution in [2.24, 2.45) is 5.73 Å². The molecular formula is C13H18Cl2N2O. The van der Waals surface area contributed by atoms with Crippen LogP contribution in [-0.4, -0.2) is 29.9 Å². The summed E-state index contributed by atoms with van der Waals surface area (Å²) in [6.07, 6.45) is 2.05. The van der Waals surface area contributed by atoms with Gasteiger partial charge in [0.05, 0.1) is 0 Å². The zero-order chi connectivity index (χ0) is 12.4. The Morgan fingerprint density at radius 1 is 1.56 bits per heavy atom. The molecule has 1 amide bonds. The third-order valence-electron chi connectivity index (χ3n) is 3.31. The molecule has 1 aromatic rings. The Bertz CT molecular complexity index is 437. The summed E-state index contributed by atoms with van der Waals surface area (Å²) < 4.78 is 0. The van der Waals surface area contributed by atoms with Gasteiger partial charge in [0.1, 0.15) is 0 Å². The fraction of sp³-hybridized carbons (Fsp3) is 0.462. The van der Waals surface area contributed by atoms with Crippen LogP contribution in [0.2, 0.25) is 5.02 Å². The van der Waals surface area contributed by atoms with Crippen molar-refractivity contribution in [1.29, 1.82) is 0 Å². The topological polar surface area (TPSA) is 46.3 Å². The predicted octanol–water partition coefficient (Wildman–Crippen LogP) is 2.63. The molecule has 0 spiro atoms. The van der Waals surface area contributed by atoms with Gasteiger partial charge in [0, 0.05) is 29.7 Å². The van der Waals surface area contributed by atoms with E-state index >= 15 is 0 Å². The molecule has 1 aliphatic heterocycles. The average molecular weight is 289 g/mol. The number of benzene rings is 1. The van der Waals surface area contributed by atoms with Crippen LogP contribution in [0.25, 0.3) is 0 Å². The lowest BCUT2D eigenvalue weighted by Gasteiger charge is -2.23. The highest BCUT2D eigenvalue weighted by Crippen LogP contribution is 2.22. The Balaban J connectivity index is 0.00000162. The van der Waals surface area contributed by atoms with Gasteiger partial charge >= 0.3 is 0 Å². The first kappa shape index (κ1) is 15.3. The first-order valence-corrected chi connectivity index (χ1v) is 6.28. The molecule has 2 N–H and O–H groups in total. The van der Waals surface area contributed by atoms with Crippen LogP contribution in [0.1, 0.15) is 28.8 Å². The highest BCUT2D eigenvalue weighted by molar-refractivity contribution is 6.31. The van der Waals surface area contributed by atoms with Gasteiger partial charge in [-0.3, -0.25) is 4.79 Å². The first-order valence-electron chi connectivity index (χ1n) is 5.90. The minimum Gasteiger partial charge on any atom is -0.334 e. The monoisotopic (exact) mass is 288 g/mol. The minimum absolute atomic E-state index is 0. The van der Waals surface area contributed by atoms with Gasteiger partial charge < -0.3 is 10.6 Å². The van der Waals surface area contributed by atoms with E-state index in [0.717, 1.165) is 24.9 Å². The molecule has 1 saturated heterocycles. The number of hydrogen-bond acceptors (Lipinski definition) is 2. The molecule has 100 valence electrons. The molecular weight excluding hydrogens is 271 g/mol. The SMILES string of the molecule is Cc1cc(C(=O)N2CCCC2CN)ccc1Cl.Cl. The van der Waals surface area contributed by atoms with Gasteiger partial charge in [0.25, 0.3) is 5.91 Å². The van der Waals surface area contributed by atoms with E-state index in [1.54, 1.807) is 12.1 Å². The second-order valence-corrected chi connectivity index (χ2v) is 4.90. The van der Waals surface area contributed by atoms with Crippen molar-refractivity contribution in [2.75, 3.05) is 13.1 Å². The Morgan fingerprint density at radius 2 is 2.28 bits per heavy atom. The van der Waals surface area contributed by atoms with E-state index in [1.165, 1.54) is 0 Å². The number of aryl methyl sites for hydroxylation is 1. The standard InChI is InChI=1S/C13H17ClN2O.ClH/c1-9-7-10(4-5-12(9)14)13(17)16-6-2-3-11(16)8-15;/h4-5,7,11H,2-3,6,8,15H2,1H3;1H. The highest BCUT2D eigenvalue weighted by atomic mass is 35.5. The molecule has 1 aromatic carbocycles. The third kappa shape index (κ3) is 2.97. The molecule has 0 aliphatic carbocycles. The molecule has 0 saturated carbocycles. The summed E-state index contributed by atoms with van der Waals surface area (Å²) in [6, 6.07) is 5.59. The van der Waals surface area contributed by atoms with E-state index in [1.807, 2.05) is 17.9 Å².